The fourth-order valence-corrected chi connectivity index (χ4v) is 7.04. The van der Waals surface area contributed by atoms with Crippen LogP contribution in [-0.2, 0) is 14.6 Å². The Balaban J connectivity index is 1.42. The predicted octanol–water partition coefficient (Wildman–Crippen LogP) is 4.16. The Bertz CT molecular complexity index is 1210. The van der Waals surface area contributed by atoms with Crippen LogP contribution < -0.4 is 4.90 Å². The molecule has 164 valence electrons. The van der Waals surface area contributed by atoms with Crippen LogP contribution in [0.5, 0.6) is 0 Å². The van der Waals surface area contributed by atoms with Crippen molar-refractivity contribution in [3.8, 4) is 0 Å². The van der Waals surface area contributed by atoms with E-state index in [0.717, 1.165) is 11.3 Å². The number of nitrogens with zero attached hydrogens (tertiary/aromatic N) is 3. The Morgan fingerprint density at radius 1 is 1.23 bits per heavy atom. The van der Waals surface area contributed by atoms with Gasteiger partial charge in [0.2, 0.25) is 5.91 Å². The van der Waals surface area contributed by atoms with Crippen molar-refractivity contribution in [3.05, 3.63) is 52.5 Å². The zero-order valence-corrected chi connectivity index (χ0v) is 19.8. The van der Waals surface area contributed by atoms with E-state index < -0.39 is 9.84 Å². The van der Waals surface area contributed by atoms with E-state index in [2.05, 4.69) is 9.88 Å². The van der Waals surface area contributed by atoms with Crippen molar-refractivity contribution in [3.63, 3.8) is 0 Å². The molecule has 0 unspecified atom stereocenters. The van der Waals surface area contributed by atoms with Crippen LogP contribution in [0.25, 0.3) is 10.2 Å². The average Bonchev–Trinajstić information content (AvgIpc) is 3.21. The first-order chi connectivity index (χ1) is 14.8. The number of aryl methyl sites for hydroxylation is 1. The van der Waals surface area contributed by atoms with Crippen LogP contribution >= 0.6 is 22.9 Å². The van der Waals surface area contributed by atoms with Gasteiger partial charge in [-0.2, -0.15) is 0 Å². The van der Waals surface area contributed by atoms with Gasteiger partial charge in [-0.1, -0.05) is 29.8 Å². The van der Waals surface area contributed by atoms with Gasteiger partial charge in [0.1, 0.15) is 0 Å². The Labute approximate surface area is 191 Å². The minimum Gasteiger partial charge on any atom is -0.366 e. The van der Waals surface area contributed by atoms with Crippen LogP contribution in [0, 0.1) is 6.92 Å². The molecule has 0 bridgehead atoms. The second-order valence-electron chi connectivity index (χ2n) is 7.81. The number of anilines is 1. The lowest BCUT2D eigenvalue weighted by Gasteiger charge is -2.41. The van der Waals surface area contributed by atoms with Gasteiger partial charge in [-0.15, -0.1) is 11.3 Å². The minimum absolute atomic E-state index is 0.0347. The Kier molecular flexibility index (Phi) is 6.23. The summed E-state index contributed by atoms with van der Waals surface area (Å²) in [5.41, 5.74) is 4.40. The SMILES string of the molecule is Cc1cccc(Cl)c1N1CCN(C(=O)CCS(=O)(=O)c2cccc3ncsc23)[C@@H](C)C1. The molecule has 9 heteroatoms. The molecule has 4 rings (SSSR count). The normalized spacial score (nSPS) is 17.3. The molecule has 2 aromatic carbocycles. The van der Waals surface area contributed by atoms with Gasteiger partial charge in [0.25, 0.3) is 0 Å². The summed E-state index contributed by atoms with van der Waals surface area (Å²) < 4.78 is 26.5. The maximum atomic E-state index is 12.9. The molecule has 0 spiro atoms. The molecule has 3 aromatic rings. The minimum atomic E-state index is -3.58. The average molecular weight is 478 g/mol. The summed E-state index contributed by atoms with van der Waals surface area (Å²) in [5, 5.41) is 0.704. The first-order valence-electron chi connectivity index (χ1n) is 10.1. The van der Waals surface area contributed by atoms with E-state index in [1.54, 1.807) is 28.6 Å². The van der Waals surface area contributed by atoms with E-state index in [4.69, 9.17) is 11.6 Å². The van der Waals surface area contributed by atoms with Gasteiger partial charge in [0, 0.05) is 32.1 Å². The molecule has 0 aliphatic carbocycles. The van der Waals surface area contributed by atoms with Crippen LogP contribution in [-0.4, -0.2) is 55.6 Å². The van der Waals surface area contributed by atoms with Crippen LogP contribution in [0.1, 0.15) is 18.9 Å². The third-order valence-corrected chi connectivity index (χ3v) is 8.75. The molecular formula is C22H24ClN3O3S2. The Morgan fingerprint density at radius 3 is 2.74 bits per heavy atom. The van der Waals surface area contributed by atoms with E-state index in [-0.39, 0.29) is 29.0 Å². The fraction of sp³-hybridized carbons (Fsp3) is 0.364. The number of benzene rings is 2. The summed E-state index contributed by atoms with van der Waals surface area (Å²) in [5.74, 6) is -0.345. The van der Waals surface area contributed by atoms with Crippen molar-refractivity contribution in [2.75, 3.05) is 30.3 Å². The maximum Gasteiger partial charge on any atom is 0.223 e. The van der Waals surface area contributed by atoms with Crippen LogP contribution in [0.2, 0.25) is 5.02 Å². The lowest BCUT2D eigenvalue weighted by molar-refractivity contribution is -0.133. The molecule has 1 aromatic heterocycles. The molecule has 1 aliphatic heterocycles. The molecule has 2 heterocycles. The van der Waals surface area contributed by atoms with E-state index in [9.17, 15) is 13.2 Å². The lowest BCUT2D eigenvalue weighted by atomic mass is 10.1. The quantitative estimate of drug-likeness (QED) is 0.551. The van der Waals surface area contributed by atoms with Crippen molar-refractivity contribution in [1.29, 1.82) is 0 Å². The number of carbonyl (C=O) groups is 1. The molecule has 31 heavy (non-hydrogen) atoms. The summed E-state index contributed by atoms with van der Waals surface area (Å²) in [6.07, 6.45) is -0.0347. The van der Waals surface area contributed by atoms with Crippen molar-refractivity contribution < 1.29 is 13.2 Å². The largest absolute Gasteiger partial charge is 0.366 e. The summed E-state index contributed by atoms with van der Waals surface area (Å²) in [4.78, 5) is 21.3. The van der Waals surface area contributed by atoms with Crippen LogP contribution in [0.15, 0.2) is 46.8 Å². The van der Waals surface area contributed by atoms with Gasteiger partial charge in [0.15, 0.2) is 9.84 Å². The van der Waals surface area contributed by atoms with Crippen LogP contribution in [0.3, 0.4) is 0 Å². The topological polar surface area (TPSA) is 70.6 Å². The van der Waals surface area contributed by atoms with Crippen molar-refractivity contribution in [1.82, 2.24) is 9.88 Å². The van der Waals surface area contributed by atoms with E-state index in [0.29, 0.717) is 34.9 Å². The highest BCUT2D eigenvalue weighted by molar-refractivity contribution is 7.91. The number of amides is 1. The molecule has 0 radical (unpaired) electrons. The molecule has 6 nitrogen and oxygen atoms in total. The van der Waals surface area contributed by atoms with Crippen LogP contribution in [0.4, 0.5) is 5.69 Å². The molecule has 0 saturated carbocycles. The third kappa shape index (κ3) is 4.42. The molecular weight excluding hydrogens is 454 g/mol. The summed E-state index contributed by atoms with van der Waals surface area (Å²) >= 11 is 7.71. The first kappa shape index (κ1) is 22.0. The van der Waals surface area contributed by atoms with Gasteiger partial charge in [0.05, 0.1) is 37.1 Å². The zero-order chi connectivity index (χ0) is 22.2. The Hall–Kier alpha value is -2.16. The number of hydrogen-bond acceptors (Lipinski definition) is 6. The molecule has 1 saturated heterocycles. The lowest BCUT2D eigenvalue weighted by Crippen LogP contribution is -2.54. The third-order valence-electron chi connectivity index (χ3n) is 5.69. The number of carbonyl (C=O) groups excluding carboxylic acids is 1. The standard InChI is InChI=1S/C22H24ClN3O3S2/c1-15-5-3-6-17(23)21(15)25-10-11-26(16(2)13-25)20(27)9-12-31(28,29)19-8-4-7-18-22(19)30-14-24-18/h3-8,14,16H,9-13H2,1-2H3/t16-/m0/s1. The predicted molar refractivity (Wildman–Crippen MR) is 126 cm³/mol. The smallest absolute Gasteiger partial charge is 0.223 e. The number of piperazine rings is 1. The van der Waals surface area contributed by atoms with Gasteiger partial charge in [-0.05, 0) is 37.6 Å². The van der Waals surface area contributed by atoms with Gasteiger partial charge < -0.3 is 9.80 Å². The van der Waals surface area contributed by atoms with Gasteiger partial charge in [-0.25, -0.2) is 13.4 Å². The van der Waals surface area contributed by atoms with Gasteiger partial charge >= 0.3 is 0 Å². The Morgan fingerprint density at radius 2 is 2.00 bits per heavy atom. The number of halogens is 1. The zero-order valence-electron chi connectivity index (χ0n) is 17.4. The number of sulfone groups is 1. The number of aromatic nitrogens is 1. The van der Waals surface area contributed by atoms with E-state index in [1.807, 2.05) is 32.0 Å². The van der Waals surface area contributed by atoms with Crippen molar-refractivity contribution >= 4 is 54.6 Å². The number of rotatable bonds is 5. The van der Waals surface area contributed by atoms with Crippen molar-refractivity contribution in [2.24, 2.45) is 0 Å². The first-order valence-corrected chi connectivity index (χ1v) is 13.0. The number of fused-ring (bicyclic) bond motifs is 1. The fourth-order valence-electron chi connectivity index (χ4n) is 4.14. The van der Waals surface area contributed by atoms with Gasteiger partial charge in [-0.3, -0.25) is 4.79 Å². The molecule has 1 fully saturated rings. The molecule has 1 aliphatic rings. The highest BCUT2D eigenvalue weighted by atomic mass is 35.5. The molecule has 1 amide bonds. The maximum absolute atomic E-state index is 12.9. The number of hydrogen-bond donors (Lipinski definition) is 0. The summed E-state index contributed by atoms with van der Waals surface area (Å²) in [6.45, 7) is 5.87. The van der Waals surface area contributed by atoms with E-state index >= 15 is 0 Å². The number of para-hydroxylation sites is 1. The molecule has 1 atom stereocenters. The van der Waals surface area contributed by atoms with Crippen molar-refractivity contribution in [2.45, 2.75) is 31.2 Å². The second-order valence-corrected chi connectivity index (χ2v) is 11.2. The van der Waals surface area contributed by atoms with E-state index in [1.165, 1.54) is 11.3 Å². The monoisotopic (exact) mass is 477 g/mol. The highest BCUT2D eigenvalue weighted by Crippen LogP contribution is 2.31. The number of thiazole rings is 1. The summed E-state index contributed by atoms with van der Waals surface area (Å²) in [6, 6.07) is 10.9. The highest BCUT2D eigenvalue weighted by Gasteiger charge is 2.30. The summed E-state index contributed by atoms with van der Waals surface area (Å²) in [7, 11) is -3.58. The second kappa shape index (κ2) is 8.76. The molecule has 0 N–H and O–H groups in total.